The number of aryl methyl sites for hydroxylation is 1. The summed E-state index contributed by atoms with van der Waals surface area (Å²) >= 11 is 6.21. The number of aromatic nitrogens is 1. The molecular formula is C29H27ClN2O5. The number of carboxylic acid groups (broad SMARTS) is 1. The lowest BCUT2D eigenvalue weighted by Gasteiger charge is -2.15. The Kier molecular flexibility index (Phi) is 7.94. The van der Waals surface area contributed by atoms with Gasteiger partial charge in [-0.1, -0.05) is 90.4 Å². The predicted molar refractivity (Wildman–Crippen MR) is 143 cm³/mol. The normalized spacial score (nSPS) is 12.5. The number of amides is 1. The number of anilines is 1. The van der Waals surface area contributed by atoms with Gasteiger partial charge in [-0.15, -0.1) is 0 Å². The summed E-state index contributed by atoms with van der Waals surface area (Å²) in [5.74, 6) is -0.932. The van der Waals surface area contributed by atoms with E-state index in [0.717, 1.165) is 22.3 Å². The third-order valence-electron chi connectivity index (χ3n) is 6.22. The summed E-state index contributed by atoms with van der Waals surface area (Å²) in [5.41, 5.74) is 5.07. The molecule has 190 valence electrons. The molecule has 1 heterocycles. The molecule has 3 aromatic carbocycles. The van der Waals surface area contributed by atoms with Crippen LogP contribution >= 0.6 is 11.6 Å². The minimum Gasteiger partial charge on any atom is -0.481 e. The maximum atomic E-state index is 12.6. The molecule has 0 bridgehead atoms. The molecular weight excluding hydrogens is 492 g/mol. The fraction of sp³-hybridized carbons (Fsp3) is 0.207. The highest BCUT2D eigenvalue weighted by molar-refractivity contribution is 6.31. The molecule has 4 rings (SSSR count). The van der Waals surface area contributed by atoms with Crippen molar-refractivity contribution in [3.05, 3.63) is 94.6 Å². The highest BCUT2D eigenvalue weighted by atomic mass is 35.5. The number of carbonyl (C=O) groups excluding carboxylic acids is 1. The van der Waals surface area contributed by atoms with Crippen LogP contribution in [0.2, 0.25) is 5.02 Å². The van der Waals surface area contributed by atoms with E-state index in [9.17, 15) is 14.7 Å². The lowest BCUT2D eigenvalue weighted by molar-refractivity contribution is -0.138. The molecule has 0 aliphatic heterocycles. The largest absolute Gasteiger partial charge is 0.481 e. The number of halogens is 1. The summed E-state index contributed by atoms with van der Waals surface area (Å²) in [6.07, 6.45) is -0.669. The Bertz CT molecular complexity index is 1400. The average Bonchev–Trinajstić information content (AvgIpc) is 3.24. The van der Waals surface area contributed by atoms with Gasteiger partial charge in [-0.3, -0.25) is 10.1 Å². The Labute approximate surface area is 220 Å². The molecule has 37 heavy (non-hydrogen) atoms. The first-order valence-corrected chi connectivity index (χ1v) is 12.3. The van der Waals surface area contributed by atoms with Crippen molar-refractivity contribution in [2.75, 3.05) is 5.32 Å². The van der Waals surface area contributed by atoms with Crippen LogP contribution in [0.25, 0.3) is 22.5 Å². The van der Waals surface area contributed by atoms with E-state index in [2.05, 4.69) is 10.5 Å². The maximum Gasteiger partial charge on any atom is 0.412 e. The Morgan fingerprint density at radius 1 is 1.00 bits per heavy atom. The number of hydrogen-bond donors (Lipinski definition) is 2. The molecule has 4 aromatic rings. The van der Waals surface area contributed by atoms with Crippen LogP contribution in [0.5, 0.6) is 0 Å². The van der Waals surface area contributed by atoms with Crippen molar-refractivity contribution >= 4 is 29.4 Å². The third-order valence-corrected chi connectivity index (χ3v) is 6.56. The minimum absolute atomic E-state index is 0.411. The van der Waals surface area contributed by atoms with Gasteiger partial charge in [-0.2, -0.15) is 0 Å². The molecule has 0 spiro atoms. The standard InChI is InChI=1S/C29H27ClN2O5/c1-4-23(28(33)34)21-13-9-19(10-14-21)20-11-15-22(16-12-20)27-26(17(2)32-37-27)31-29(35)36-18(3)24-7-5-6-8-25(24)30/h5-16,18,23H,4H2,1-3H3,(H,31,35)(H,33,34)/t18-,23?/m1/s1. The molecule has 0 saturated carbocycles. The predicted octanol–water partition coefficient (Wildman–Crippen LogP) is 7.86. The number of carboxylic acids is 1. The third kappa shape index (κ3) is 5.84. The van der Waals surface area contributed by atoms with Crippen LogP contribution in [0.4, 0.5) is 10.5 Å². The molecule has 1 unspecified atom stereocenters. The summed E-state index contributed by atoms with van der Waals surface area (Å²) in [7, 11) is 0. The van der Waals surface area contributed by atoms with Gasteiger partial charge in [0, 0.05) is 16.1 Å². The van der Waals surface area contributed by atoms with Crippen LogP contribution in [0.15, 0.2) is 77.3 Å². The summed E-state index contributed by atoms with van der Waals surface area (Å²) < 4.78 is 11.0. The second-order valence-electron chi connectivity index (χ2n) is 8.66. The van der Waals surface area contributed by atoms with Gasteiger partial charge >= 0.3 is 12.1 Å². The van der Waals surface area contributed by atoms with Gasteiger partial charge < -0.3 is 14.4 Å². The van der Waals surface area contributed by atoms with Crippen LogP contribution in [-0.4, -0.2) is 22.3 Å². The zero-order chi connectivity index (χ0) is 26.5. The monoisotopic (exact) mass is 518 g/mol. The van der Waals surface area contributed by atoms with E-state index in [1.54, 1.807) is 26.0 Å². The molecule has 7 nitrogen and oxygen atoms in total. The molecule has 2 atom stereocenters. The van der Waals surface area contributed by atoms with Crippen molar-refractivity contribution in [3.63, 3.8) is 0 Å². The second kappa shape index (κ2) is 11.3. The molecule has 8 heteroatoms. The van der Waals surface area contributed by atoms with E-state index in [1.807, 2.05) is 67.6 Å². The van der Waals surface area contributed by atoms with Crippen molar-refractivity contribution < 1.29 is 24.0 Å². The molecule has 1 aromatic heterocycles. The molecule has 0 saturated heterocycles. The highest BCUT2D eigenvalue weighted by Crippen LogP contribution is 2.34. The SMILES string of the molecule is CCC(C(=O)O)c1ccc(-c2ccc(-c3onc(C)c3NC(=O)O[C@H](C)c3ccccc3Cl)cc2)cc1. The van der Waals surface area contributed by atoms with Crippen LogP contribution in [0.1, 0.15) is 49.1 Å². The van der Waals surface area contributed by atoms with Crippen LogP contribution < -0.4 is 5.32 Å². The zero-order valence-corrected chi connectivity index (χ0v) is 21.5. The second-order valence-corrected chi connectivity index (χ2v) is 9.07. The van der Waals surface area contributed by atoms with Crippen molar-refractivity contribution in [2.24, 2.45) is 0 Å². The Morgan fingerprint density at radius 2 is 1.59 bits per heavy atom. The number of benzene rings is 3. The van der Waals surface area contributed by atoms with E-state index in [-0.39, 0.29) is 0 Å². The van der Waals surface area contributed by atoms with E-state index >= 15 is 0 Å². The highest BCUT2D eigenvalue weighted by Gasteiger charge is 2.21. The number of hydrogen-bond acceptors (Lipinski definition) is 5. The fourth-order valence-electron chi connectivity index (χ4n) is 4.15. The van der Waals surface area contributed by atoms with Crippen molar-refractivity contribution in [1.82, 2.24) is 5.16 Å². The number of carbonyl (C=O) groups is 2. The first kappa shape index (κ1) is 26.0. The molecule has 2 N–H and O–H groups in total. The van der Waals surface area contributed by atoms with Crippen molar-refractivity contribution in [1.29, 1.82) is 0 Å². The smallest absolute Gasteiger partial charge is 0.412 e. The average molecular weight is 519 g/mol. The fourth-order valence-corrected chi connectivity index (χ4v) is 4.44. The Balaban J connectivity index is 1.49. The Morgan fingerprint density at radius 3 is 2.19 bits per heavy atom. The molecule has 0 aliphatic rings. The van der Waals surface area contributed by atoms with Crippen LogP contribution in [0, 0.1) is 6.92 Å². The van der Waals surface area contributed by atoms with Gasteiger partial charge in [0.05, 0.1) is 5.92 Å². The number of ether oxygens (including phenoxy) is 1. The molecule has 0 aliphatic carbocycles. The summed E-state index contributed by atoms with van der Waals surface area (Å²) in [4.78, 5) is 24.1. The van der Waals surface area contributed by atoms with Gasteiger partial charge in [0.2, 0.25) is 0 Å². The van der Waals surface area contributed by atoms with Crippen molar-refractivity contribution in [3.8, 4) is 22.5 Å². The van der Waals surface area contributed by atoms with Crippen LogP contribution in [0.3, 0.4) is 0 Å². The van der Waals surface area contributed by atoms with Crippen molar-refractivity contribution in [2.45, 2.75) is 39.2 Å². The molecule has 1 amide bonds. The molecule has 0 radical (unpaired) electrons. The van der Waals surface area contributed by atoms with E-state index in [4.69, 9.17) is 20.9 Å². The minimum atomic E-state index is -0.825. The van der Waals surface area contributed by atoms with E-state index < -0.39 is 24.1 Å². The van der Waals surface area contributed by atoms with Gasteiger partial charge in [0.25, 0.3) is 0 Å². The number of nitrogens with zero attached hydrogens (tertiary/aromatic N) is 1. The topological polar surface area (TPSA) is 102 Å². The van der Waals surface area contributed by atoms with Gasteiger partial charge in [0.15, 0.2) is 5.76 Å². The maximum absolute atomic E-state index is 12.6. The summed E-state index contributed by atoms with van der Waals surface area (Å²) in [6, 6.07) is 22.3. The quantitative estimate of drug-likeness (QED) is 0.246. The van der Waals surface area contributed by atoms with Crippen LogP contribution in [-0.2, 0) is 9.53 Å². The van der Waals surface area contributed by atoms with E-state index in [0.29, 0.717) is 34.1 Å². The first-order valence-electron chi connectivity index (χ1n) is 11.9. The number of rotatable bonds is 8. The van der Waals surface area contributed by atoms with Gasteiger partial charge in [-0.25, -0.2) is 4.79 Å². The summed E-state index contributed by atoms with van der Waals surface area (Å²) in [5, 5.41) is 16.7. The lowest BCUT2D eigenvalue weighted by atomic mass is 9.94. The lowest BCUT2D eigenvalue weighted by Crippen LogP contribution is -2.17. The van der Waals surface area contributed by atoms with Gasteiger partial charge in [-0.05, 0) is 43.0 Å². The van der Waals surface area contributed by atoms with Gasteiger partial charge in [0.1, 0.15) is 17.5 Å². The Hall–Kier alpha value is -4.10. The number of nitrogens with one attached hydrogen (secondary N) is 1. The zero-order valence-electron chi connectivity index (χ0n) is 20.7. The van der Waals surface area contributed by atoms with E-state index in [1.165, 1.54) is 0 Å². The first-order chi connectivity index (χ1) is 17.8. The summed E-state index contributed by atoms with van der Waals surface area (Å²) in [6.45, 7) is 5.34. The molecule has 0 fully saturated rings. The number of aliphatic carboxylic acids is 1.